The van der Waals surface area contributed by atoms with E-state index in [1.807, 2.05) is 13.8 Å². The fourth-order valence-corrected chi connectivity index (χ4v) is 1.05. The molecule has 0 aliphatic heterocycles. The second-order valence-corrected chi connectivity index (χ2v) is 4.98. The Hall–Kier alpha value is -1.96. The second-order valence-electron chi connectivity index (χ2n) is 4.98. The number of carbonyl (C=O) groups excluding carboxylic acids is 3. The summed E-state index contributed by atoms with van der Waals surface area (Å²) in [6.07, 6.45) is 0.124. The van der Waals surface area contributed by atoms with Gasteiger partial charge < -0.3 is 21.9 Å². The van der Waals surface area contributed by atoms with E-state index in [1.54, 1.807) is 6.92 Å². The topological polar surface area (TPSA) is 153 Å². The summed E-state index contributed by atoms with van der Waals surface area (Å²) < 4.78 is 0. The molecule has 2 atom stereocenters. The predicted octanol–water partition coefficient (Wildman–Crippen LogP) is 0.921. The van der Waals surface area contributed by atoms with Crippen LogP contribution in [0.25, 0.3) is 0 Å². The molecule has 0 bridgehead atoms. The first-order chi connectivity index (χ1) is 10.5. The van der Waals surface area contributed by atoms with Gasteiger partial charge >= 0.3 is 5.97 Å². The van der Waals surface area contributed by atoms with E-state index in [2.05, 4.69) is 5.32 Å². The second kappa shape index (κ2) is 19.1. The van der Waals surface area contributed by atoms with Crippen molar-refractivity contribution in [3.8, 4) is 0 Å². The summed E-state index contributed by atoms with van der Waals surface area (Å²) in [7, 11) is 0. The molecule has 0 aromatic carbocycles. The lowest BCUT2D eigenvalue weighted by Crippen LogP contribution is -2.26. The molecule has 8 heteroatoms. The summed E-state index contributed by atoms with van der Waals surface area (Å²) in [5.74, 6) is -2.27. The molecule has 2 unspecified atom stereocenters. The van der Waals surface area contributed by atoms with Crippen molar-refractivity contribution in [2.45, 2.75) is 54.9 Å². The lowest BCUT2D eigenvalue weighted by atomic mass is 10.0. The van der Waals surface area contributed by atoms with Gasteiger partial charge in [0, 0.05) is 24.8 Å². The Balaban J connectivity index is -0.000000140. The van der Waals surface area contributed by atoms with E-state index >= 15 is 0 Å². The number of amides is 2. The average molecular weight is 349 g/mol. The van der Waals surface area contributed by atoms with Gasteiger partial charge in [-0.25, -0.2) is 0 Å². The van der Waals surface area contributed by atoms with Crippen LogP contribution in [-0.4, -0.2) is 41.8 Å². The highest BCUT2D eigenvalue weighted by molar-refractivity contribution is 5.85. The number of carboxylic acid groups (broad SMARTS) is 1. The SMILES string of the molecule is C.CC(CC(=O)O)C(N)=O.CCN.CCNC(=O)CC(C)C(C)=O. The van der Waals surface area contributed by atoms with Gasteiger partial charge in [0.1, 0.15) is 5.78 Å². The summed E-state index contributed by atoms with van der Waals surface area (Å²) in [5.41, 5.74) is 9.63. The maximum atomic E-state index is 10.9. The van der Waals surface area contributed by atoms with Crippen LogP contribution in [0.5, 0.6) is 0 Å². The average Bonchev–Trinajstić information content (AvgIpc) is 2.39. The summed E-state index contributed by atoms with van der Waals surface area (Å²) >= 11 is 0. The normalized spacial score (nSPS) is 11.1. The van der Waals surface area contributed by atoms with Gasteiger partial charge in [-0.05, 0) is 20.4 Å². The molecule has 24 heavy (non-hydrogen) atoms. The van der Waals surface area contributed by atoms with Crippen molar-refractivity contribution >= 4 is 23.6 Å². The molecule has 0 saturated heterocycles. The molecule has 0 aromatic heterocycles. The van der Waals surface area contributed by atoms with Crippen molar-refractivity contribution in [3.05, 3.63) is 0 Å². The number of rotatable bonds is 7. The Morgan fingerprint density at radius 2 is 1.46 bits per heavy atom. The van der Waals surface area contributed by atoms with Gasteiger partial charge in [0.05, 0.1) is 6.42 Å². The lowest BCUT2D eigenvalue weighted by molar-refractivity contribution is -0.140. The van der Waals surface area contributed by atoms with Crippen LogP contribution in [0.15, 0.2) is 0 Å². The first-order valence-electron chi connectivity index (χ1n) is 7.51. The number of primary amides is 1. The van der Waals surface area contributed by atoms with E-state index in [-0.39, 0.29) is 31.5 Å². The number of nitrogens with two attached hydrogens (primary N) is 2. The third kappa shape index (κ3) is 25.0. The zero-order valence-electron chi connectivity index (χ0n) is 14.7. The van der Waals surface area contributed by atoms with Crippen LogP contribution in [-0.2, 0) is 19.2 Å². The molecule has 144 valence electrons. The van der Waals surface area contributed by atoms with Crippen LogP contribution >= 0.6 is 0 Å². The van der Waals surface area contributed by atoms with Crippen LogP contribution < -0.4 is 16.8 Å². The third-order valence-corrected chi connectivity index (χ3v) is 2.53. The molecule has 0 fully saturated rings. The number of ketones is 1. The van der Waals surface area contributed by atoms with Gasteiger partial charge in [0.15, 0.2) is 0 Å². The van der Waals surface area contributed by atoms with Crippen molar-refractivity contribution in [1.29, 1.82) is 0 Å². The van der Waals surface area contributed by atoms with Crippen LogP contribution in [0.2, 0.25) is 0 Å². The molecule has 0 rings (SSSR count). The quantitative estimate of drug-likeness (QED) is 0.536. The summed E-state index contributed by atoms with van der Waals surface area (Å²) in [6, 6.07) is 0. The predicted molar refractivity (Wildman–Crippen MR) is 95.2 cm³/mol. The standard InChI is InChI=1S/C8H15NO2.C5H9NO3.C2H7N.CH4/c1-4-9-8(11)5-6(2)7(3)10;1-3(5(6)9)2-4(7)8;1-2-3;/h6H,4-5H2,1-3H3,(H,9,11);3H,2H2,1H3,(H2,6,9)(H,7,8);2-3H2,1H3;1H4. The van der Waals surface area contributed by atoms with Gasteiger partial charge in [-0.15, -0.1) is 0 Å². The Bertz CT molecular complexity index is 373. The van der Waals surface area contributed by atoms with E-state index in [1.165, 1.54) is 13.8 Å². The number of carboxylic acids is 1. The smallest absolute Gasteiger partial charge is 0.304 e. The van der Waals surface area contributed by atoms with E-state index in [0.717, 1.165) is 6.54 Å². The fraction of sp³-hybridized carbons (Fsp3) is 0.750. The first-order valence-corrected chi connectivity index (χ1v) is 7.51. The van der Waals surface area contributed by atoms with Gasteiger partial charge in [0.25, 0.3) is 0 Å². The molecule has 2 amide bonds. The van der Waals surface area contributed by atoms with Gasteiger partial charge in [-0.3, -0.25) is 19.2 Å². The van der Waals surface area contributed by atoms with E-state index in [9.17, 15) is 19.2 Å². The van der Waals surface area contributed by atoms with Gasteiger partial charge in [0.2, 0.25) is 11.8 Å². The summed E-state index contributed by atoms with van der Waals surface area (Å²) in [5, 5.41) is 10.8. The number of hydrogen-bond donors (Lipinski definition) is 4. The molecule has 0 saturated carbocycles. The fourth-order valence-electron chi connectivity index (χ4n) is 1.05. The van der Waals surface area contributed by atoms with Gasteiger partial charge in [-0.2, -0.15) is 0 Å². The molecule has 8 nitrogen and oxygen atoms in total. The highest BCUT2D eigenvalue weighted by atomic mass is 16.4. The highest BCUT2D eigenvalue weighted by Gasteiger charge is 2.12. The largest absolute Gasteiger partial charge is 0.481 e. The third-order valence-electron chi connectivity index (χ3n) is 2.53. The monoisotopic (exact) mass is 349 g/mol. The highest BCUT2D eigenvalue weighted by Crippen LogP contribution is 2.01. The molecule has 0 spiro atoms. The Morgan fingerprint density at radius 1 is 1.04 bits per heavy atom. The Labute approximate surface area is 145 Å². The first kappa shape index (κ1) is 30.0. The van der Waals surface area contributed by atoms with Crippen molar-refractivity contribution < 1.29 is 24.3 Å². The van der Waals surface area contributed by atoms with Crippen LogP contribution in [0.3, 0.4) is 0 Å². The summed E-state index contributed by atoms with van der Waals surface area (Å²) in [6.45, 7) is 9.89. The van der Waals surface area contributed by atoms with Crippen molar-refractivity contribution in [3.63, 3.8) is 0 Å². The number of aliphatic carboxylic acids is 1. The number of Topliss-reactive ketones (excluding diaryl/α,β-unsaturated/α-hetero) is 1. The molecule has 0 radical (unpaired) electrons. The van der Waals surface area contributed by atoms with Crippen LogP contribution in [0.4, 0.5) is 0 Å². The molecule has 0 aromatic rings. The maximum Gasteiger partial charge on any atom is 0.304 e. The lowest BCUT2D eigenvalue weighted by Gasteiger charge is -2.05. The van der Waals surface area contributed by atoms with Crippen molar-refractivity contribution in [1.82, 2.24) is 5.32 Å². The molecule has 6 N–H and O–H groups in total. The molecular weight excluding hydrogens is 314 g/mol. The maximum absolute atomic E-state index is 10.9. The zero-order valence-corrected chi connectivity index (χ0v) is 14.7. The van der Waals surface area contributed by atoms with Crippen molar-refractivity contribution in [2.75, 3.05) is 13.1 Å². The van der Waals surface area contributed by atoms with E-state index < -0.39 is 17.8 Å². The number of hydrogen-bond acceptors (Lipinski definition) is 5. The van der Waals surface area contributed by atoms with Gasteiger partial charge in [-0.1, -0.05) is 28.2 Å². The number of carbonyl (C=O) groups is 4. The Kier molecular flexibility index (Phi) is 23.8. The van der Waals surface area contributed by atoms with Crippen molar-refractivity contribution in [2.24, 2.45) is 23.3 Å². The molecule has 0 heterocycles. The van der Waals surface area contributed by atoms with Crippen LogP contribution in [0.1, 0.15) is 54.9 Å². The van der Waals surface area contributed by atoms with Crippen LogP contribution in [0, 0.1) is 11.8 Å². The minimum atomic E-state index is -0.999. The zero-order chi connectivity index (χ0) is 19.0. The summed E-state index contributed by atoms with van der Waals surface area (Å²) in [4.78, 5) is 41.7. The minimum absolute atomic E-state index is 0. The molecular formula is C16H35N3O5. The minimum Gasteiger partial charge on any atom is -0.481 e. The molecule has 0 aliphatic carbocycles. The molecule has 0 aliphatic rings. The Morgan fingerprint density at radius 3 is 1.67 bits per heavy atom. The number of nitrogens with one attached hydrogen (secondary N) is 1. The van der Waals surface area contributed by atoms with E-state index in [4.69, 9.17) is 16.6 Å². The van der Waals surface area contributed by atoms with E-state index in [0.29, 0.717) is 13.0 Å².